The molecule has 0 aliphatic rings. The third-order valence-corrected chi connectivity index (χ3v) is 4.97. The standard InChI is InChI=1S/C22H27BrN2O3/c1-6-15(4)24-22(27)18-9-7-8-10-19(18)25-21(26)16(5)28-20-13(2)11-17(23)12-14(20)3/h7-12,15-16H,6H2,1-5H3,(H,24,27)(H,25,26). The second-order valence-electron chi connectivity index (χ2n) is 6.95. The number of para-hydroxylation sites is 1. The van der Waals surface area contributed by atoms with Crippen LogP contribution in [-0.4, -0.2) is 24.0 Å². The quantitative estimate of drug-likeness (QED) is 0.628. The highest BCUT2D eigenvalue weighted by atomic mass is 79.9. The summed E-state index contributed by atoms with van der Waals surface area (Å²) in [5, 5.41) is 5.74. The second-order valence-corrected chi connectivity index (χ2v) is 7.86. The van der Waals surface area contributed by atoms with Gasteiger partial charge < -0.3 is 15.4 Å². The number of carbonyl (C=O) groups is 2. The van der Waals surface area contributed by atoms with Crippen molar-refractivity contribution in [1.29, 1.82) is 0 Å². The van der Waals surface area contributed by atoms with Gasteiger partial charge in [0.1, 0.15) is 5.75 Å². The van der Waals surface area contributed by atoms with E-state index in [-0.39, 0.29) is 17.9 Å². The van der Waals surface area contributed by atoms with Crippen LogP contribution in [0.4, 0.5) is 5.69 Å². The molecule has 28 heavy (non-hydrogen) atoms. The van der Waals surface area contributed by atoms with E-state index in [1.807, 2.05) is 39.8 Å². The lowest BCUT2D eigenvalue weighted by atomic mass is 10.1. The lowest BCUT2D eigenvalue weighted by Gasteiger charge is -2.19. The molecule has 0 bridgehead atoms. The summed E-state index contributed by atoms with van der Waals surface area (Å²) in [4.78, 5) is 25.2. The normalized spacial score (nSPS) is 12.8. The van der Waals surface area contributed by atoms with E-state index in [1.165, 1.54) is 0 Å². The lowest BCUT2D eigenvalue weighted by Crippen LogP contribution is -2.34. The monoisotopic (exact) mass is 446 g/mol. The molecule has 0 saturated carbocycles. The Morgan fingerprint density at radius 2 is 1.71 bits per heavy atom. The number of benzene rings is 2. The molecule has 0 heterocycles. The van der Waals surface area contributed by atoms with Gasteiger partial charge in [0.05, 0.1) is 11.3 Å². The molecule has 0 aliphatic heterocycles. The van der Waals surface area contributed by atoms with Crippen LogP contribution in [0.2, 0.25) is 0 Å². The van der Waals surface area contributed by atoms with E-state index in [0.717, 1.165) is 22.0 Å². The first kappa shape index (κ1) is 22.0. The molecule has 5 nitrogen and oxygen atoms in total. The van der Waals surface area contributed by atoms with Crippen molar-refractivity contribution in [3.8, 4) is 5.75 Å². The molecule has 2 N–H and O–H groups in total. The van der Waals surface area contributed by atoms with Gasteiger partial charge >= 0.3 is 0 Å². The molecule has 2 rings (SSSR count). The van der Waals surface area contributed by atoms with Gasteiger partial charge in [-0.1, -0.05) is 35.0 Å². The molecule has 0 aromatic heterocycles. The van der Waals surface area contributed by atoms with Crippen molar-refractivity contribution in [2.75, 3.05) is 5.32 Å². The first-order valence-electron chi connectivity index (χ1n) is 9.37. The summed E-state index contributed by atoms with van der Waals surface area (Å²) in [6, 6.07) is 10.9. The maximum Gasteiger partial charge on any atom is 0.265 e. The van der Waals surface area contributed by atoms with E-state index in [2.05, 4.69) is 26.6 Å². The topological polar surface area (TPSA) is 67.4 Å². The molecule has 2 atom stereocenters. The summed E-state index contributed by atoms with van der Waals surface area (Å²) in [7, 11) is 0. The molecule has 2 aromatic carbocycles. The van der Waals surface area contributed by atoms with Crippen molar-refractivity contribution in [1.82, 2.24) is 5.32 Å². The number of carbonyl (C=O) groups excluding carboxylic acids is 2. The first-order chi connectivity index (χ1) is 13.2. The summed E-state index contributed by atoms with van der Waals surface area (Å²) in [5.41, 5.74) is 2.78. The molecule has 2 amide bonds. The fraction of sp³-hybridized carbons (Fsp3) is 0.364. The summed E-state index contributed by atoms with van der Waals surface area (Å²) < 4.78 is 6.88. The van der Waals surface area contributed by atoms with Crippen LogP contribution in [0.15, 0.2) is 40.9 Å². The van der Waals surface area contributed by atoms with Crippen molar-refractivity contribution in [2.45, 2.75) is 53.2 Å². The second kappa shape index (κ2) is 9.73. The summed E-state index contributed by atoms with van der Waals surface area (Å²) in [6.07, 6.45) is 0.112. The Hall–Kier alpha value is -2.34. The Bertz CT molecular complexity index is 844. The molecular formula is C22H27BrN2O3. The zero-order valence-electron chi connectivity index (χ0n) is 16.9. The third-order valence-electron chi connectivity index (χ3n) is 4.51. The zero-order valence-corrected chi connectivity index (χ0v) is 18.5. The van der Waals surface area contributed by atoms with Gasteiger partial charge in [-0.25, -0.2) is 0 Å². The van der Waals surface area contributed by atoms with Crippen LogP contribution in [0.3, 0.4) is 0 Å². The largest absolute Gasteiger partial charge is 0.480 e. The molecule has 6 heteroatoms. The number of amides is 2. The number of nitrogens with one attached hydrogen (secondary N) is 2. The first-order valence-corrected chi connectivity index (χ1v) is 10.2. The van der Waals surface area contributed by atoms with Crippen molar-refractivity contribution in [2.24, 2.45) is 0 Å². The summed E-state index contributed by atoms with van der Waals surface area (Å²) >= 11 is 3.46. The van der Waals surface area contributed by atoms with E-state index in [9.17, 15) is 9.59 Å². The number of halogens is 1. The van der Waals surface area contributed by atoms with Crippen molar-refractivity contribution < 1.29 is 14.3 Å². The molecule has 0 spiro atoms. The molecule has 2 unspecified atom stereocenters. The van der Waals surface area contributed by atoms with Crippen LogP contribution in [0.25, 0.3) is 0 Å². The average molecular weight is 447 g/mol. The van der Waals surface area contributed by atoms with E-state index >= 15 is 0 Å². The predicted octanol–water partition coefficient (Wildman–Crippen LogP) is 5.00. The Morgan fingerprint density at radius 1 is 1.11 bits per heavy atom. The molecule has 0 radical (unpaired) electrons. The SMILES string of the molecule is CCC(C)NC(=O)c1ccccc1NC(=O)C(C)Oc1c(C)cc(Br)cc1C. The van der Waals surface area contributed by atoms with Gasteiger partial charge in [0.15, 0.2) is 6.10 Å². The highest BCUT2D eigenvalue weighted by Gasteiger charge is 2.20. The molecule has 150 valence electrons. The number of anilines is 1. The Labute approximate surface area is 175 Å². The minimum Gasteiger partial charge on any atom is -0.480 e. The highest BCUT2D eigenvalue weighted by molar-refractivity contribution is 9.10. The van der Waals surface area contributed by atoms with E-state index < -0.39 is 6.10 Å². The number of hydrogen-bond acceptors (Lipinski definition) is 3. The fourth-order valence-corrected chi connectivity index (χ4v) is 3.43. The molecular weight excluding hydrogens is 420 g/mol. The Morgan fingerprint density at radius 3 is 2.32 bits per heavy atom. The number of hydrogen-bond donors (Lipinski definition) is 2. The minimum absolute atomic E-state index is 0.0573. The van der Waals surface area contributed by atoms with Crippen LogP contribution in [0.1, 0.15) is 48.7 Å². The van der Waals surface area contributed by atoms with Gasteiger partial charge in [-0.3, -0.25) is 9.59 Å². The number of aryl methyl sites for hydroxylation is 2. The number of ether oxygens (including phenoxy) is 1. The predicted molar refractivity (Wildman–Crippen MR) is 116 cm³/mol. The van der Waals surface area contributed by atoms with Crippen LogP contribution in [-0.2, 0) is 4.79 Å². The van der Waals surface area contributed by atoms with Crippen molar-refractivity contribution in [3.63, 3.8) is 0 Å². The van der Waals surface area contributed by atoms with Gasteiger partial charge in [0.25, 0.3) is 11.8 Å². The van der Waals surface area contributed by atoms with Gasteiger partial charge in [-0.05, 0) is 69.5 Å². The number of rotatable bonds is 7. The highest BCUT2D eigenvalue weighted by Crippen LogP contribution is 2.28. The molecule has 2 aromatic rings. The van der Waals surface area contributed by atoms with Crippen LogP contribution in [0.5, 0.6) is 5.75 Å². The lowest BCUT2D eigenvalue weighted by molar-refractivity contribution is -0.122. The van der Waals surface area contributed by atoms with E-state index in [1.54, 1.807) is 31.2 Å². The minimum atomic E-state index is -0.718. The van der Waals surface area contributed by atoms with Crippen LogP contribution < -0.4 is 15.4 Å². The maximum absolute atomic E-state index is 12.7. The molecule has 0 aliphatic carbocycles. The Balaban J connectivity index is 2.14. The van der Waals surface area contributed by atoms with Crippen LogP contribution in [0, 0.1) is 13.8 Å². The van der Waals surface area contributed by atoms with E-state index in [0.29, 0.717) is 17.0 Å². The van der Waals surface area contributed by atoms with Gasteiger partial charge in [-0.15, -0.1) is 0 Å². The maximum atomic E-state index is 12.7. The van der Waals surface area contributed by atoms with Gasteiger partial charge in [-0.2, -0.15) is 0 Å². The van der Waals surface area contributed by atoms with E-state index in [4.69, 9.17) is 4.74 Å². The average Bonchev–Trinajstić information content (AvgIpc) is 2.64. The molecule has 0 fully saturated rings. The summed E-state index contributed by atoms with van der Waals surface area (Å²) in [5.74, 6) is 0.164. The zero-order chi connectivity index (χ0) is 20.8. The van der Waals surface area contributed by atoms with Crippen molar-refractivity contribution >= 4 is 33.4 Å². The van der Waals surface area contributed by atoms with Gasteiger partial charge in [0, 0.05) is 10.5 Å². The Kier molecular flexibility index (Phi) is 7.63. The smallest absolute Gasteiger partial charge is 0.265 e. The fourth-order valence-electron chi connectivity index (χ4n) is 2.74. The molecule has 0 saturated heterocycles. The summed E-state index contributed by atoms with van der Waals surface area (Å²) in [6.45, 7) is 9.51. The third kappa shape index (κ3) is 5.58. The van der Waals surface area contributed by atoms with Gasteiger partial charge in [0.2, 0.25) is 0 Å². The van der Waals surface area contributed by atoms with Crippen molar-refractivity contribution in [3.05, 3.63) is 57.6 Å². The van der Waals surface area contributed by atoms with Crippen LogP contribution >= 0.6 is 15.9 Å².